The fourth-order valence-electron chi connectivity index (χ4n) is 3.10. The van der Waals surface area contributed by atoms with Crippen molar-refractivity contribution in [3.8, 4) is 29.6 Å². The molecule has 2 aromatic rings. The fourth-order valence-corrected chi connectivity index (χ4v) is 3.89. The van der Waals surface area contributed by atoms with E-state index in [9.17, 15) is 14.4 Å². The number of rotatable bonds is 8. The summed E-state index contributed by atoms with van der Waals surface area (Å²) in [5.41, 5.74) is 0.636. The average Bonchev–Trinajstić information content (AvgIpc) is 2.77. The Balaban J connectivity index is 1.98. The van der Waals surface area contributed by atoms with Gasteiger partial charge in [0.15, 0.2) is 11.5 Å². The molecule has 1 aliphatic rings. The standard InChI is InChI=1S/C24H21IN2O6/c1-4-11-33-21-19(25)13-15(14-20(21)32-6-3)12-18-22(28)26-24(30)27(23(18)29)16-7-9-17(10-8-16)31-5-2/h1,7-10,12-14H,5-6,11H2,2-3H3,(H,26,28,30)/b18-12+. The molecule has 1 N–H and O–H groups in total. The molecule has 4 amide bonds. The lowest BCUT2D eigenvalue weighted by molar-refractivity contribution is -0.122. The van der Waals surface area contributed by atoms with E-state index in [0.717, 1.165) is 4.90 Å². The molecule has 1 fully saturated rings. The van der Waals surface area contributed by atoms with Gasteiger partial charge in [0.1, 0.15) is 17.9 Å². The van der Waals surface area contributed by atoms with Gasteiger partial charge >= 0.3 is 6.03 Å². The van der Waals surface area contributed by atoms with Gasteiger partial charge in [-0.3, -0.25) is 14.9 Å². The number of benzene rings is 2. The molecule has 1 aliphatic heterocycles. The zero-order valence-corrected chi connectivity index (χ0v) is 20.2. The van der Waals surface area contributed by atoms with E-state index in [4.69, 9.17) is 20.6 Å². The van der Waals surface area contributed by atoms with Crippen molar-refractivity contribution in [1.82, 2.24) is 5.32 Å². The number of hydrogen-bond acceptors (Lipinski definition) is 6. The number of amides is 4. The Bertz CT molecular complexity index is 1150. The fraction of sp³-hybridized carbons (Fsp3) is 0.208. The summed E-state index contributed by atoms with van der Waals surface area (Å²) in [7, 11) is 0. The molecule has 0 spiro atoms. The minimum Gasteiger partial charge on any atom is -0.494 e. The van der Waals surface area contributed by atoms with Crippen molar-refractivity contribution in [2.24, 2.45) is 0 Å². The molecule has 0 atom stereocenters. The van der Waals surface area contributed by atoms with Gasteiger partial charge in [-0.05, 0) is 84.5 Å². The first-order valence-electron chi connectivity index (χ1n) is 10.1. The molecule has 170 valence electrons. The molecule has 3 rings (SSSR count). The molecule has 0 unspecified atom stereocenters. The number of halogens is 1. The molecular weight excluding hydrogens is 539 g/mol. The Morgan fingerprint density at radius 2 is 1.76 bits per heavy atom. The normalized spacial score (nSPS) is 14.7. The minimum atomic E-state index is -0.825. The van der Waals surface area contributed by atoms with Gasteiger partial charge in [-0.1, -0.05) is 5.92 Å². The average molecular weight is 560 g/mol. The van der Waals surface area contributed by atoms with Gasteiger partial charge in [-0.25, -0.2) is 9.69 Å². The number of carbonyl (C=O) groups is 3. The molecule has 33 heavy (non-hydrogen) atoms. The van der Waals surface area contributed by atoms with Crippen LogP contribution in [0.5, 0.6) is 17.2 Å². The highest BCUT2D eigenvalue weighted by Gasteiger charge is 2.36. The summed E-state index contributed by atoms with van der Waals surface area (Å²) < 4.78 is 17.3. The number of hydrogen-bond donors (Lipinski definition) is 1. The van der Waals surface area contributed by atoms with Gasteiger partial charge in [-0.2, -0.15) is 0 Å². The van der Waals surface area contributed by atoms with E-state index in [1.165, 1.54) is 6.08 Å². The summed E-state index contributed by atoms with van der Waals surface area (Å²) in [6.07, 6.45) is 6.69. The van der Waals surface area contributed by atoms with E-state index >= 15 is 0 Å². The van der Waals surface area contributed by atoms with Gasteiger partial charge < -0.3 is 14.2 Å². The molecule has 1 heterocycles. The maximum Gasteiger partial charge on any atom is 0.335 e. The highest BCUT2D eigenvalue weighted by Crippen LogP contribution is 2.35. The number of anilines is 1. The number of barbiturate groups is 1. The second-order valence-electron chi connectivity index (χ2n) is 6.64. The first kappa shape index (κ1) is 24.1. The van der Waals surface area contributed by atoms with E-state index in [1.54, 1.807) is 36.4 Å². The van der Waals surface area contributed by atoms with E-state index in [0.29, 0.717) is 45.3 Å². The number of nitrogens with one attached hydrogen (secondary N) is 1. The number of carbonyl (C=O) groups excluding carboxylic acids is 3. The van der Waals surface area contributed by atoms with Crippen molar-refractivity contribution in [3.05, 3.63) is 51.1 Å². The van der Waals surface area contributed by atoms with Crippen LogP contribution in [0.15, 0.2) is 42.0 Å². The zero-order chi connectivity index (χ0) is 24.0. The van der Waals surface area contributed by atoms with Crippen LogP contribution in [0.1, 0.15) is 19.4 Å². The van der Waals surface area contributed by atoms with E-state index in [2.05, 4.69) is 33.8 Å². The van der Waals surface area contributed by atoms with E-state index in [1.807, 2.05) is 13.8 Å². The van der Waals surface area contributed by atoms with E-state index < -0.39 is 17.8 Å². The summed E-state index contributed by atoms with van der Waals surface area (Å²) in [6, 6.07) is 8.97. The Morgan fingerprint density at radius 3 is 2.39 bits per heavy atom. The van der Waals surface area contributed by atoms with Crippen LogP contribution in [0.2, 0.25) is 0 Å². The van der Waals surface area contributed by atoms with Crippen LogP contribution in [0.25, 0.3) is 6.08 Å². The van der Waals surface area contributed by atoms with Crippen molar-refractivity contribution in [2.45, 2.75) is 13.8 Å². The predicted octanol–water partition coefficient (Wildman–Crippen LogP) is 3.77. The molecule has 8 nitrogen and oxygen atoms in total. The monoisotopic (exact) mass is 560 g/mol. The molecule has 0 radical (unpaired) electrons. The minimum absolute atomic E-state index is 0.0660. The maximum absolute atomic E-state index is 13.1. The number of nitrogens with zero attached hydrogens (tertiary/aromatic N) is 1. The summed E-state index contributed by atoms with van der Waals surface area (Å²) in [5.74, 6) is 2.38. The van der Waals surface area contributed by atoms with Crippen LogP contribution in [0, 0.1) is 15.9 Å². The van der Waals surface area contributed by atoms with Crippen LogP contribution >= 0.6 is 22.6 Å². The molecule has 2 aromatic carbocycles. The van der Waals surface area contributed by atoms with Crippen LogP contribution in [0.4, 0.5) is 10.5 Å². The van der Waals surface area contributed by atoms with Crippen LogP contribution < -0.4 is 24.4 Å². The SMILES string of the molecule is C#CCOc1c(I)cc(/C=C2\C(=O)NC(=O)N(c3ccc(OCC)cc3)C2=O)cc1OCC. The molecule has 0 aliphatic carbocycles. The number of urea groups is 1. The van der Waals surface area contributed by atoms with Crippen LogP contribution in [0.3, 0.4) is 0 Å². The summed E-state index contributed by atoms with van der Waals surface area (Å²) in [6.45, 7) is 4.60. The highest BCUT2D eigenvalue weighted by molar-refractivity contribution is 14.1. The van der Waals surface area contributed by atoms with Crippen molar-refractivity contribution in [1.29, 1.82) is 0 Å². The van der Waals surface area contributed by atoms with Crippen molar-refractivity contribution < 1.29 is 28.6 Å². The van der Waals surface area contributed by atoms with Gasteiger partial charge in [0.2, 0.25) is 0 Å². The molecule has 0 aromatic heterocycles. The quantitative estimate of drug-likeness (QED) is 0.229. The number of terminal acetylenes is 1. The maximum atomic E-state index is 13.1. The second-order valence-corrected chi connectivity index (χ2v) is 7.80. The van der Waals surface area contributed by atoms with Crippen molar-refractivity contribution in [2.75, 3.05) is 24.7 Å². The second kappa shape index (κ2) is 10.9. The highest BCUT2D eigenvalue weighted by atomic mass is 127. The molecule has 0 bridgehead atoms. The largest absolute Gasteiger partial charge is 0.494 e. The van der Waals surface area contributed by atoms with Gasteiger partial charge in [0, 0.05) is 0 Å². The van der Waals surface area contributed by atoms with Crippen LogP contribution in [-0.2, 0) is 9.59 Å². The molecule has 1 saturated heterocycles. The Kier molecular flexibility index (Phi) is 7.95. The lowest BCUT2D eigenvalue weighted by Gasteiger charge is -2.26. The summed E-state index contributed by atoms with van der Waals surface area (Å²) >= 11 is 2.06. The van der Waals surface area contributed by atoms with Gasteiger partial charge in [0.25, 0.3) is 11.8 Å². The number of imide groups is 2. The Labute approximate surface area is 205 Å². The topological polar surface area (TPSA) is 94.2 Å². The van der Waals surface area contributed by atoms with Crippen LogP contribution in [-0.4, -0.2) is 37.7 Å². The molecule has 9 heteroatoms. The number of ether oxygens (including phenoxy) is 3. The third-order valence-electron chi connectivity index (χ3n) is 4.45. The van der Waals surface area contributed by atoms with Crippen molar-refractivity contribution >= 4 is 52.2 Å². The predicted molar refractivity (Wildman–Crippen MR) is 131 cm³/mol. The van der Waals surface area contributed by atoms with Crippen molar-refractivity contribution in [3.63, 3.8) is 0 Å². The molecule has 0 saturated carbocycles. The summed E-state index contributed by atoms with van der Waals surface area (Å²) in [4.78, 5) is 39.0. The van der Waals surface area contributed by atoms with Gasteiger partial charge in [0.05, 0.1) is 22.5 Å². The first-order valence-corrected chi connectivity index (χ1v) is 11.1. The lowest BCUT2D eigenvalue weighted by atomic mass is 10.1. The Hall–Kier alpha value is -3.52. The van der Waals surface area contributed by atoms with E-state index in [-0.39, 0.29) is 12.2 Å². The third kappa shape index (κ3) is 5.46. The lowest BCUT2D eigenvalue weighted by Crippen LogP contribution is -2.54. The zero-order valence-electron chi connectivity index (χ0n) is 18.0. The smallest absolute Gasteiger partial charge is 0.335 e. The molecular formula is C24H21IN2O6. The Morgan fingerprint density at radius 1 is 1.06 bits per heavy atom. The third-order valence-corrected chi connectivity index (χ3v) is 5.25. The summed E-state index contributed by atoms with van der Waals surface area (Å²) in [5, 5.41) is 2.21. The van der Waals surface area contributed by atoms with Gasteiger partial charge in [-0.15, -0.1) is 6.42 Å². The first-order chi connectivity index (χ1) is 15.9.